The first-order valence-corrected chi connectivity index (χ1v) is 6.52. The Kier molecular flexibility index (Phi) is 4.33. The Bertz CT molecular complexity index is 482. The van der Waals surface area contributed by atoms with Crippen LogP contribution in [0, 0.1) is 11.6 Å². The molecule has 0 amide bonds. The van der Waals surface area contributed by atoms with Gasteiger partial charge < -0.3 is 5.32 Å². The number of nitrogens with one attached hydrogen (secondary N) is 1. The van der Waals surface area contributed by atoms with Gasteiger partial charge >= 0.3 is 0 Å². The molecule has 6 heteroatoms. The summed E-state index contributed by atoms with van der Waals surface area (Å²) in [6.07, 6.45) is 0.865. The molecule has 0 fully saturated rings. The molecule has 1 aromatic carbocycles. The lowest BCUT2D eigenvalue weighted by Gasteiger charge is -2.17. The zero-order valence-corrected chi connectivity index (χ0v) is 10.7. The van der Waals surface area contributed by atoms with Gasteiger partial charge in [0, 0.05) is 10.9 Å². The summed E-state index contributed by atoms with van der Waals surface area (Å²) >= 11 is 1.16. The topological polar surface area (TPSA) is 37.8 Å². The van der Waals surface area contributed by atoms with Gasteiger partial charge in [-0.25, -0.2) is 8.78 Å². The fourth-order valence-corrected chi connectivity index (χ4v) is 2.21. The standard InChI is InChI=1S/C12H13F2N3S/c1-2-6-15-12(10-7-18-17-16-10)11-8(13)4-3-5-9(11)14/h3-5,7,12,15H,2,6H2,1H3. The highest BCUT2D eigenvalue weighted by Gasteiger charge is 2.23. The maximum absolute atomic E-state index is 13.8. The second kappa shape index (κ2) is 5.97. The monoisotopic (exact) mass is 269 g/mol. The van der Waals surface area contributed by atoms with Crippen molar-refractivity contribution in [2.45, 2.75) is 19.4 Å². The van der Waals surface area contributed by atoms with Crippen LogP contribution in [-0.2, 0) is 0 Å². The molecular formula is C12H13F2N3S. The Morgan fingerprint density at radius 3 is 2.61 bits per heavy atom. The van der Waals surface area contributed by atoms with E-state index in [1.165, 1.54) is 18.2 Å². The van der Waals surface area contributed by atoms with E-state index in [9.17, 15) is 8.78 Å². The van der Waals surface area contributed by atoms with Crippen molar-refractivity contribution in [2.24, 2.45) is 0 Å². The van der Waals surface area contributed by atoms with E-state index in [0.717, 1.165) is 18.0 Å². The van der Waals surface area contributed by atoms with Crippen LogP contribution in [0.5, 0.6) is 0 Å². The van der Waals surface area contributed by atoms with Crippen LogP contribution in [0.3, 0.4) is 0 Å². The smallest absolute Gasteiger partial charge is 0.131 e. The van der Waals surface area contributed by atoms with E-state index < -0.39 is 17.7 Å². The second-order valence-electron chi connectivity index (χ2n) is 3.85. The zero-order chi connectivity index (χ0) is 13.0. The Balaban J connectivity index is 2.40. The predicted molar refractivity (Wildman–Crippen MR) is 66.4 cm³/mol. The third-order valence-corrected chi connectivity index (χ3v) is 3.08. The van der Waals surface area contributed by atoms with Gasteiger partial charge in [0.2, 0.25) is 0 Å². The predicted octanol–water partition coefficient (Wildman–Crippen LogP) is 2.91. The van der Waals surface area contributed by atoms with Gasteiger partial charge in [-0.15, -0.1) is 5.10 Å². The zero-order valence-electron chi connectivity index (χ0n) is 9.86. The van der Waals surface area contributed by atoms with Crippen LogP contribution in [0.4, 0.5) is 8.78 Å². The van der Waals surface area contributed by atoms with E-state index in [2.05, 4.69) is 14.9 Å². The van der Waals surface area contributed by atoms with Crippen molar-refractivity contribution in [3.05, 3.63) is 46.5 Å². The molecular weight excluding hydrogens is 256 g/mol. The Labute approximate surface area is 108 Å². The Morgan fingerprint density at radius 1 is 1.33 bits per heavy atom. The van der Waals surface area contributed by atoms with Crippen molar-refractivity contribution < 1.29 is 8.78 Å². The van der Waals surface area contributed by atoms with Gasteiger partial charge in [-0.3, -0.25) is 0 Å². The minimum absolute atomic E-state index is 0.00125. The molecule has 0 bridgehead atoms. The maximum atomic E-state index is 13.8. The highest BCUT2D eigenvalue weighted by atomic mass is 32.1. The molecule has 0 aliphatic heterocycles. The molecule has 1 heterocycles. The van der Waals surface area contributed by atoms with Gasteiger partial charge in [0.05, 0.1) is 11.7 Å². The van der Waals surface area contributed by atoms with Crippen LogP contribution in [0.1, 0.15) is 30.6 Å². The highest BCUT2D eigenvalue weighted by molar-refractivity contribution is 7.03. The van der Waals surface area contributed by atoms with Gasteiger partial charge in [0.1, 0.15) is 11.6 Å². The molecule has 0 radical (unpaired) electrons. The first-order chi connectivity index (χ1) is 8.74. The normalized spacial score (nSPS) is 12.6. The summed E-state index contributed by atoms with van der Waals surface area (Å²) in [5.41, 5.74) is 0.538. The maximum Gasteiger partial charge on any atom is 0.131 e. The van der Waals surface area contributed by atoms with Gasteiger partial charge in [-0.05, 0) is 36.6 Å². The average molecular weight is 269 g/mol. The summed E-state index contributed by atoms with van der Waals surface area (Å²) in [5, 5.41) is 8.69. The van der Waals surface area contributed by atoms with Crippen LogP contribution in [0.2, 0.25) is 0 Å². The van der Waals surface area contributed by atoms with Gasteiger partial charge in [0.15, 0.2) is 0 Å². The molecule has 1 unspecified atom stereocenters. The van der Waals surface area contributed by atoms with Crippen LogP contribution >= 0.6 is 11.5 Å². The van der Waals surface area contributed by atoms with Crippen molar-refractivity contribution in [3.8, 4) is 0 Å². The van der Waals surface area contributed by atoms with E-state index in [1.807, 2.05) is 6.92 Å². The molecule has 0 spiro atoms. The molecule has 3 nitrogen and oxygen atoms in total. The minimum Gasteiger partial charge on any atom is -0.305 e. The van der Waals surface area contributed by atoms with E-state index in [0.29, 0.717) is 12.2 Å². The lowest BCUT2D eigenvalue weighted by Crippen LogP contribution is -2.25. The van der Waals surface area contributed by atoms with Gasteiger partial charge in [0.25, 0.3) is 0 Å². The fraction of sp³-hybridized carbons (Fsp3) is 0.333. The molecule has 96 valence electrons. The largest absolute Gasteiger partial charge is 0.305 e. The minimum atomic E-state index is -0.593. The summed E-state index contributed by atoms with van der Waals surface area (Å²) in [5.74, 6) is -1.15. The lowest BCUT2D eigenvalue weighted by atomic mass is 10.0. The van der Waals surface area contributed by atoms with Crippen molar-refractivity contribution in [1.29, 1.82) is 0 Å². The molecule has 18 heavy (non-hydrogen) atoms. The molecule has 0 aliphatic rings. The summed E-state index contributed by atoms with van der Waals surface area (Å²) < 4.78 is 31.3. The Morgan fingerprint density at radius 2 is 2.06 bits per heavy atom. The molecule has 1 N–H and O–H groups in total. The number of hydrogen-bond acceptors (Lipinski definition) is 4. The van der Waals surface area contributed by atoms with Crippen molar-refractivity contribution in [1.82, 2.24) is 14.9 Å². The van der Waals surface area contributed by atoms with E-state index in [-0.39, 0.29) is 5.56 Å². The first-order valence-electron chi connectivity index (χ1n) is 5.68. The number of nitrogens with zero attached hydrogens (tertiary/aromatic N) is 2. The van der Waals surface area contributed by atoms with Crippen molar-refractivity contribution in [3.63, 3.8) is 0 Å². The SMILES string of the molecule is CCCNC(c1csnn1)c1c(F)cccc1F. The molecule has 0 saturated carbocycles. The molecule has 2 rings (SSSR count). The second-order valence-corrected chi connectivity index (χ2v) is 4.46. The van der Waals surface area contributed by atoms with E-state index >= 15 is 0 Å². The summed E-state index contributed by atoms with van der Waals surface area (Å²) in [6.45, 7) is 2.64. The quantitative estimate of drug-likeness (QED) is 0.907. The summed E-state index contributed by atoms with van der Waals surface area (Å²) in [6, 6.07) is 3.26. The first kappa shape index (κ1) is 13.0. The number of rotatable bonds is 5. The summed E-state index contributed by atoms with van der Waals surface area (Å²) in [7, 11) is 0. The third-order valence-electron chi connectivity index (χ3n) is 2.56. The Hall–Kier alpha value is -1.40. The molecule has 0 aliphatic carbocycles. The third kappa shape index (κ3) is 2.70. The molecule has 0 saturated heterocycles. The van der Waals surface area contributed by atoms with Gasteiger partial charge in [-0.2, -0.15) is 0 Å². The number of aromatic nitrogens is 2. The number of hydrogen-bond donors (Lipinski definition) is 1. The number of halogens is 2. The highest BCUT2D eigenvalue weighted by Crippen LogP contribution is 2.26. The van der Waals surface area contributed by atoms with Crippen LogP contribution in [0.15, 0.2) is 23.6 Å². The van der Waals surface area contributed by atoms with Crippen molar-refractivity contribution in [2.75, 3.05) is 6.54 Å². The van der Waals surface area contributed by atoms with Gasteiger partial charge in [-0.1, -0.05) is 17.5 Å². The molecule has 1 aromatic heterocycles. The summed E-state index contributed by atoms with van der Waals surface area (Å²) in [4.78, 5) is 0. The van der Waals surface area contributed by atoms with E-state index in [4.69, 9.17) is 0 Å². The molecule has 1 atom stereocenters. The van der Waals surface area contributed by atoms with Crippen LogP contribution in [-0.4, -0.2) is 16.1 Å². The fourth-order valence-electron chi connectivity index (χ4n) is 1.73. The molecule has 2 aromatic rings. The van der Waals surface area contributed by atoms with Crippen LogP contribution < -0.4 is 5.32 Å². The van der Waals surface area contributed by atoms with E-state index in [1.54, 1.807) is 5.38 Å². The average Bonchev–Trinajstić information content (AvgIpc) is 2.86. The van der Waals surface area contributed by atoms with Crippen LogP contribution in [0.25, 0.3) is 0 Å². The lowest BCUT2D eigenvalue weighted by molar-refractivity contribution is 0.497. The van der Waals surface area contributed by atoms with Crippen molar-refractivity contribution >= 4 is 11.5 Å². The number of benzene rings is 1.